The lowest BCUT2D eigenvalue weighted by atomic mass is 9.99. The van der Waals surface area contributed by atoms with Gasteiger partial charge in [0.1, 0.15) is 0 Å². The molecular formula is C25H35N3O7. The van der Waals surface area contributed by atoms with Gasteiger partial charge in [-0.05, 0) is 24.0 Å². The first-order chi connectivity index (χ1) is 16.8. The van der Waals surface area contributed by atoms with Gasteiger partial charge in [0.15, 0.2) is 0 Å². The van der Waals surface area contributed by atoms with Crippen molar-refractivity contribution in [3.05, 3.63) is 71.8 Å². The maximum Gasteiger partial charge on any atom is 0.404 e. The van der Waals surface area contributed by atoms with E-state index in [9.17, 15) is 24.9 Å². The molecule has 2 rings (SSSR count). The predicted molar refractivity (Wildman–Crippen MR) is 130 cm³/mol. The van der Waals surface area contributed by atoms with Crippen LogP contribution in [0, 0.1) is 0 Å². The molecule has 0 radical (unpaired) electrons. The molecule has 0 aliphatic heterocycles. The molecule has 2 aromatic carbocycles. The molecule has 0 saturated heterocycles. The van der Waals surface area contributed by atoms with Crippen molar-refractivity contribution in [2.45, 2.75) is 49.7 Å². The van der Waals surface area contributed by atoms with Crippen molar-refractivity contribution in [3.63, 3.8) is 0 Å². The summed E-state index contributed by atoms with van der Waals surface area (Å²) in [5.41, 5.74) is 1.74. The summed E-state index contributed by atoms with van der Waals surface area (Å²) in [6, 6.07) is 17.0. The molecular weight excluding hydrogens is 454 g/mol. The summed E-state index contributed by atoms with van der Waals surface area (Å²) in [6.45, 7) is -0.528. The molecule has 2 unspecified atom stereocenters. The third kappa shape index (κ3) is 10.8. The third-order valence-corrected chi connectivity index (χ3v) is 5.52. The van der Waals surface area contributed by atoms with Gasteiger partial charge < -0.3 is 41.5 Å². The maximum atomic E-state index is 12.2. The molecule has 10 heteroatoms. The molecule has 2 amide bonds. The van der Waals surface area contributed by atoms with Gasteiger partial charge in [0, 0.05) is 13.1 Å². The minimum Gasteiger partial charge on any atom is -0.465 e. The predicted octanol–water partition coefficient (Wildman–Crippen LogP) is -0.352. The fourth-order valence-electron chi connectivity index (χ4n) is 3.67. The van der Waals surface area contributed by atoms with Gasteiger partial charge in [-0.15, -0.1) is 0 Å². The van der Waals surface area contributed by atoms with Gasteiger partial charge in [-0.2, -0.15) is 0 Å². The number of carbonyl (C=O) groups is 2. The van der Waals surface area contributed by atoms with Gasteiger partial charge in [-0.3, -0.25) is 4.79 Å². The van der Waals surface area contributed by atoms with E-state index in [4.69, 9.17) is 10.2 Å². The fraction of sp³-hybridized carbons (Fsp3) is 0.440. The summed E-state index contributed by atoms with van der Waals surface area (Å²) in [6.07, 6.45) is -4.24. The second-order valence-electron chi connectivity index (χ2n) is 8.44. The standard InChI is InChI=1S/C25H35N3O7/c29-16-19(30)13-24(33)27-20(11-17-7-3-1-4-8-17)22(31)14-26-15-23(32)21(28-25(34)35)12-18-9-5-2-6-10-18/h1-10,19-23,26,28-32H,11-16H2,(H,27,33)(H,34,35)/t19?,20-,21-,22?,23+/m0/s1. The molecule has 2 aromatic rings. The number of hydrogen-bond donors (Lipinski definition) is 8. The highest BCUT2D eigenvalue weighted by molar-refractivity contribution is 5.76. The van der Waals surface area contributed by atoms with E-state index in [1.165, 1.54) is 0 Å². The average Bonchev–Trinajstić information content (AvgIpc) is 2.84. The highest BCUT2D eigenvalue weighted by Crippen LogP contribution is 2.09. The van der Waals surface area contributed by atoms with Crippen molar-refractivity contribution >= 4 is 12.0 Å². The number of aliphatic hydroxyl groups excluding tert-OH is 4. The van der Waals surface area contributed by atoms with Gasteiger partial charge in [0.25, 0.3) is 0 Å². The van der Waals surface area contributed by atoms with E-state index >= 15 is 0 Å². The Kier molecular flexibility index (Phi) is 12.2. The minimum atomic E-state index is -1.25. The number of aliphatic hydroxyl groups is 4. The normalized spacial score (nSPS) is 15.4. The largest absolute Gasteiger partial charge is 0.465 e. The molecule has 0 fully saturated rings. The second-order valence-corrected chi connectivity index (χ2v) is 8.44. The van der Waals surface area contributed by atoms with Crippen LogP contribution >= 0.6 is 0 Å². The van der Waals surface area contributed by atoms with Crippen LogP contribution in [0.1, 0.15) is 17.5 Å². The van der Waals surface area contributed by atoms with Crippen LogP contribution in [0.4, 0.5) is 4.79 Å². The van der Waals surface area contributed by atoms with Crippen molar-refractivity contribution < 1.29 is 35.1 Å². The molecule has 8 N–H and O–H groups in total. The first kappa shape index (κ1) is 28.2. The third-order valence-electron chi connectivity index (χ3n) is 5.52. The average molecular weight is 490 g/mol. The van der Waals surface area contributed by atoms with Gasteiger partial charge in [-0.1, -0.05) is 60.7 Å². The molecule has 0 aliphatic carbocycles. The zero-order valence-corrected chi connectivity index (χ0v) is 19.5. The monoisotopic (exact) mass is 489 g/mol. The van der Waals surface area contributed by atoms with Crippen LogP contribution < -0.4 is 16.0 Å². The van der Waals surface area contributed by atoms with E-state index in [2.05, 4.69) is 16.0 Å². The molecule has 0 spiro atoms. The zero-order chi connectivity index (χ0) is 25.6. The summed E-state index contributed by atoms with van der Waals surface area (Å²) < 4.78 is 0. The lowest BCUT2D eigenvalue weighted by molar-refractivity contribution is -0.125. The van der Waals surface area contributed by atoms with Crippen molar-refractivity contribution in [1.82, 2.24) is 16.0 Å². The number of carboxylic acid groups (broad SMARTS) is 1. The van der Waals surface area contributed by atoms with Gasteiger partial charge in [0.05, 0.1) is 43.4 Å². The Hall–Kier alpha value is -3.02. The number of nitrogens with one attached hydrogen (secondary N) is 3. The first-order valence-corrected chi connectivity index (χ1v) is 11.5. The molecule has 0 aliphatic rings. The first-order valence-electron chi connectivity index (χ1n) is 11.5. The lowest BCUT2D eigenvalue weighted by Crippen LogP contribution is -2.52. The van der Waals surface area contributed by atoms with Crippen LogP contribution in [0.2, 0.25) is 0 Å². The van der Waals surface area contributed by atoms with Gasteiger partial charge >= 0.3 is 6.09 Å². The minimum absolute atomic E-state index is 0.00404. The Balaban J connectivity index is 1.96. The van der Waals surface area contributed by atoms with E-state index in [1.807, 2.05) is 60.7 Å². The molecule has 0 bridgehead atoms. The number of rotatable bonds is 15. The fourth-order valence-corrected chi connectivity index (χ4v) is 3.67. The van der Waals surface area contributed by atoms with Gasteiger partial charge in [-0.25, -0.2) is 4.79 Å². The van der Waals surface area contributed by atoms with Crippen LogP contribution in [-0.4, -0.2) is 87.6 Å². The Morgan fingerprint density at radius 2 is 1.20 bits per heavy atom. The summed E-state index contributed by atoms with van der Waals surface area (Å²) in [5.74, 6) is -0.514. The molecule has 10 nitrogen and oxygen atoms in total. The molecule has 0 saturated carbocycles. The van der Waals surface area contributed by atoms with Gasteiger partial charge in [0.2, 0.25) is 5.91 Å². The molecule has 192 valence electrons. The number of carbonyl (C=O) groups excluding carboxylic acids is 1. The van der Waals surface area contributed by atoms with E-state index in [1.54, 1.807) is 0 Å². The smallest absolute Gasteiger partial charge is 0.404 e. The van der Waals surface area contributed by atoms with Crippen molar-refractivity contribution in [1.29, 1.82) is 0 Å². The van der Waals surface area contributed by atoms with E-state index < -0.39 is 49.0 Å². The van der Waals surface area contributed by atoms with Crippen molar-refractivity contribution in [2.75, 3.05) is 19.7 Å². The lowest BCUT2D eigenvalue weighted by Gasteiger charge is -2.27. The summed E-state index contributed by atoms with van der Waals surface area (Å²) in [5, 5.41) is 57.0. The maximum absolute atomic E-state index is 12.2. The SMILES string of the molecule is O=C(O)N[C@@H](Cc1ccccc1)[C@H](O)CNCC(O)[C@H](Cc1ccccc1)NC(=O)CC(O)CO. The van der Waals surface area contributed by atoms with Crippen LogP contribution in [-0.2, 0) is 17.6 Å². The van der Waals surface area contributed by atoms with Crippen LogP contribution in [0.5, 0.6) is 0 Å². The molecule has 35 heavy (non-hydrogen) atoms. The Morgan fingerprint density at radius 3 is 1.63 bits per heavy atom. The van der Waals surface area contributed by atoms with Crippen molar-refractivity contribution in [2.24, 2.45) is 0 Å². The number of amides is 2. The summed E-state index contributed by atoms with van der Waals surface area (Å²) in [7, 11) is 0. The van der Waals surface area contributed by atoms with Crippen LogP contribution in [0.15, 0.2) is 60.7 Å². The summed E-state index contributed by atoms with van der Waals surface area (Å²) >= 11 is 0. The highest BCUT2D eigenvalue weighted by Gasteiger charge is 2.25. The van der Waals surface area contributed by atoms with E-state index in [0.29, 0.717) is 12.8 Å². The molecule has 5 atom stereocenters. The second kappa shape index (κ2) is 15.1. The highest BCUT2D eigenvalue weighted by atomic mass is 16.4. The number of benzene rings is 2. The Labute approximate surface area is 204 Å². The summed E-state index contributed by atoms with van der Waals surface area (Å²) in [4.78, 5) is 23.4. The molecule has 0 aromatic heterocycles. The van der Waals surface area contributed by atoms with Crippen LogP contribution in [0.25, 0.3) is 0 Å². The topological polar surface area (TPSA) is 171 Å². The zero-order valence-electron chi connectivity index (χ0n) is 19.5. The quantitative estimate of drug-likeness (QED) is 0.168. The van der Waals surface area contributed by atoms with E-state index in [0.717, 1.165) is 11.1 Å². The van der Waals surface area contributed by atoms with E-state index in [-0.39, 0.29) is 19.5 Å². The van der Waals surface area contributed by atoms with Crippen LogP contribution in [0.3, 0.4) is 0 Å². The molecule has 0 heterocycles. The Morgan fingerprint density at radius 1 is 0.743 bits per heavy atom. The van der Waals surface area contributed by atoms with Crippen molar-refractivity contribution in [3.8, 4) is 0 Å². The number of hydrogen-bond acceptors (Lipinski definition) is 7. The Bertz CT molecular complexity index is 885.